The fourth-order valence-electron chi connectivity index (χ4n) is 9.60. The molecule has 22 heteroatoms. The first-order valence-corrected chi connectivity index (χ1v) is 30.6. The third-order valence-electron chi connectivity index (χ3n) is 14.3. The summed E-state index contributed by atoms with van der Waals surface area (Å²) in [4.78, 5) is 63.3. The molecule has 12 nitrogen and oxygen atoms in total. The number of benzene rings is 6. The molecule has 96 heavy (non-hydrogen) atoms. The maximum Gasteiger partial charge on any atom is 0.416 e. The van der Waals surface area contributed by atoms with Crippen LogP contribution in [0.5, 0.6) is 0 Å². The highest BCUT2D eigenvalue weighted by atomic mass is 32.2. The van der Waals surface area contributed by atoms with E-state index in [2.05, 4.69) is 9.97 Å². The molecule has 0 N–H and O–H groups in total. The molecule has 0 radical (unpaired) electrons. The van der Waals surface area contributed by atoms with Gasteiger partial charge in [-0.05, 0) is 183 Å². The van der Waals surface area contributed by atoms with Crippen molar-refractivity contribution in [2.24, 2.45) is 0 Å². The fraction of sp³-hybridized carbons (Fsp3) is 0.378. The molecule has 0 spiro atoms. The number of likely N-dealkylation sites (N-methyl/N-ethyl adjacent to an activating group) is 2. The number of nitrogens with zero attached hydrogens (tertiary/aromatic N) is 8. The van der Waals surface area contributed by atoms with Crippen LogP contribution in [0.25, 0.3) is 22.3 Å². The molecule has 0 saturated carbocycles. The Hall–Kier alpha value is -7.92. The van der Waals surface area contributed by atoms with Gasteiger partial charge in [-0.25, -0.2) is 8.78 Å². The Kier molecular flexibility index (Phi) is 13.9. The fourth-order valence-corrected chi connectivity index (χ4v) is 11.0. The molecule has 0 aliphatic heterocycles. The zero-order valence-corrected chi connectivity index (χ0v) is 53.4. The molecule has 6 aromatic carbocycles. The van der Waals surface area contributed by atoms with Gasteiger partial charge in [-0.1, -0.05) is 136 Å². The van der Waals surface area contributed by atoms with Gasteiger partial charge in [0.25, 0.3) is 11.1 Å². The van der Waals surface area contributed by atoms with Crippen molar-refractivity contribution in [3.63, 3.8) is 0 Å². The smallest absolute Gasteiger partial charge is 0.336 e. The van der Waals surface area contributed by atoms with Gasteiger partial charge in [-0.2, -0.15) is 36.3 Å². The first-order valence-electron chi connectivity index (χ1n) is 45.0. The minimum atomic E-state index is -4.79. The Balaban J connectivity index is 0.000000289. The molecule has 2 amide bonds. The van der Waals surface area contributed by atoms with Crippen molar-refractivity contribution in [3.8, 4) is 22.3 Å². The third kappa shape index (κ3) is 18.8. The van der Waals surface area contributed by atoms with Crippen LogP contribution in [0.2, 0.25) is 0 Å². The summed E-state index contributed by atoms with van der Waals surface area (Å²) in [7, 11) is 0. The molecular formula is C74H80F8N8O4S2. The summed E-state index contributed by atoms with van der Waals surface area (Å²) >= 11 is 0.179. The Labute approximate surface area is 608 Å². The highest BCUT2D eigenvalue weighted by Gasteiger charge is 2.32. The van der Waals surface area contributed by atoms with E-state index >= 15 is 9.59 Å². The lowest BCUT2D eigenvalue weighted by Gasteiger charge is -2.28. The van der Waals surface area contributed by atoms with Gasteiger partial charge in [-0.15, -0.1) is 0 Å². The van der Waals surface area contributed by atoms with E-state index < -0.39 is 216 Å². The van der Waals surface area contributed by atoms with Crippen LogP contribution in [0.15, 0.2) is 153 Å². The van der Waals surface area contributed by atoms with Crippen LogP contribution in [0.3, 0.4) is 0 Å². The first-order chi connectivity index (χ1) is 57.9. The number of halogens is 8. The van der Waals surface area contributed by atoms with E-state index in [0.717, 1.165) is 79.7 Å². The molecule has 2 aliphatic carbocycles. The predicted octanol–water partition coefficient (Wildman–Crippen LogP) is 15.1. The molecule has 0 fully saturated rings. The van der Waals surface area contributed by atoms with Crippen LogP contribution in [-0.4, -0.2) is 102 Å². The lowest BCUT2D eigenvalue weighted by atomic mass is 9.97. The molecule has 10 rings (SSSR count). The minimum Gasteiger partial charge on any atom is -0.336 e. The van der Waals surface area contributed by atoms with Crippen molar-refractivity contribution in [2.45, 2.75) is 140 Å². The van der Waals surface area contributed by atoms with E-state index in [0.29, 0.717) is 61.1 Å². The molecule has 0 unspecified atom stereocenters. The summed E-state index contributed by atoms with van der Waals surface area (Å²) in [6.07, 6.45) is -9.48. The van der Waals surface area contributed by atoms with Gasteiger partial charge >= 0.3 is 12.4 Å². The SMILES string of the molecule is [2H]c1c([2H])c(-c2ccc(C(F)(F)F)cc2)c(C)c([2H])c1CN(C(=O)C([2H])([2H])n1c(SC([2H])([2H])c2ccc(F)cc2)nc(=O)c2c1CCC2)C([2H])([2H])C([2H])([2H])N(C([2H])([2H])C)C([2H])([2H])C.[2H]c1c([2H])c(C([2H])([2H])N(C(=O)C([2H])([2H])n2c(SC([2H])([2H])c3ccc(F)cc3)nc(=O)c3c2CCC3)C([2H])([2H])C([2H])([2H])N(C([2H])([2H])C)C([2H])([2H])C)c([2H])c(C)c1-c1ccc(C(F)(F)F)cc1. The van der Waals surface area contributed by atoms with Gasteiger partial charge in [0.15, 0.2) is 10.3 Å². The van der Waals surface area contributed by atoms with Crippen LogP contribution >= 0.6 is 23.5 Å². The molecule has 2 aromatic heterocycles. The second kappa shape index (κ2) is 32.9. The van der Waals surface area contributed by atoms with Crippen molar-refractivity contribution in [1.29, 1.82) is 0 Å². The van der Waals surface area contributed by atoms with Crippen molar-refractivity contribution < 1.29 is 88.6 Å². The molecule has 0 bridgehead atoms. The summed E-state index contributed by atoms with van der Waals surface area (Å²) in [6, 6.07) is 8.62. The number of aromatic nitrogens is 4. The number of rotatable bonds is 26. The van der Waals surface area contributed by atoms with Gasteiger partial charge in [0.2, 0.25) is 11.8 Å². The van der Waals surface area contributed by atoms with Crippen LogP contribution in [0, 0.1) is 25.5 Å². The van der Waals surface area contributed by atoms with Crippen molar-refractivity contribution >= 4 is 35.3 Å². The normalized spacial score (nSPS) is 19.7. The van der Waals surface area contributed by atoms with Crippen LogP contribution in [0.4, 0.5) is 35.1 Å². The molecule has 2 heterocycles. The van der Waals surface area contributed by atoms with E-state index in [1.54, 1.807) is 0 Å². The summed E-state index contributed by atoms with van der Waals surface area (Å²) in [5.74, 6) is -5.92. The number of carbonyl (C=O) groups is 2. The van der Waals surface area contributed by atoms with Gasteiger partial charge in [0.05, 0.1) is 33.1 Å². The van der Waals surface area contributed by atoms with Crippen LogP contribution in [0.1, 0.15) is 151 Å². The van der Waals surface area contributed by atoms with Gasteiger partial charge in [-0.3, -0.25) is 19.2 Å². The zero-order chi connectivity index (χ0) is 97.4. The highest BCUT2D eigenvalue weighted by Crippen LogP contribution is 2.35. The summed E-state index contributed by atoms with van der Waals surface area (Å²) in [6.45, 7) is -37.5. The Morgan fingerprint density at radius 2 is 0.906 bits per heavy atom. The largest absolute Gasteiger partial charge is 0.416 e. The van der Waals surface area contributed by atoms with Crippen molar-refractivity contribution in [1.82, 2.24) is 38.7 Å². The third-order valence-corrected chi connectivity index (χ3v) is 15.9. The number of thioether (sulfide) groups is 2. The summed E-state index contributed by atoms with van der Waals surface area (Å²) in [5, 5.41) is -1.66. The molecule has 0 saturated heterocycles. The quantitative estimate of drug-likeness (QED) is 0.0295. The molecule has 0 atom stereocenters. The maximum absolute atomic E-state index is 15.3. The van der Waals surface area contributed by atoms with Crippen molar-refractivity contribution in [3.05, 3.63) is 233 Å². The Morgan fingerprint density at radius 3 is 1.31 bits per heavy atom. The molecular weight excluding hydrogens is 1280 g/mol. The van der Waals surface area contributed by atoms with Gasteiger partial charge < -0.3 is 28.7 Å². The van der Waals surface area contributed by atoms with Gasteiger partial charge in [0, 0.05) is 94.9 Å². The summed E-state index contributed by atoms with van der Waals surface area (Å²) in [5.41, 5.74) is -13.9. The van der Waals surface area contributed by atoms with E-state index in [1.165, 1.54) is 6.92 Å². The number of amides is 2. The number of carbonyl (C=O) groups excluding carboxylic acids is 2. The standard InChI is InChI=1S/2C37H40F4N4O2S/c2*1-4-43(5-2)19-20-44(22-27-11-18-31(25(3)21-27)28-12-14-29(15-13-28)37(39,40)41)34(46)23-45-33-8-6-7-32(33)35(47)42-36(45)48-24-26-9-16-30(38)17-10-26/h2*9-18,21H,4-8,19-20,22-24H2,1-3H3/i4D2,5D2,11D,18D,19D2,20D2,21D,22D2,23D2,24D2;4D2,5D2,11D,18D,19D2,20D2,21D,23D2,24D2. The summed E-state index contributed by atoms with van der Waals surface area (Å²) < 4.78 is 393. The maximum atomic E-state index is 15.3. The Bertz CT molecular complexity index is 5650. The number of alkyl halides is 6. The highest BCUT2D eigenvalue weighted by molar-refractivity contribution is 7.98. The number of hydrogen-bond acceptors (Lipinski definition) is 10. The van der Waals surface area contributed by atoms with Crippen LogP contribution in [-0.2, 0) is 85.1 Å². The Morgan fingerprint density at radius 1 is 0.521 bits per heavy atom. The average molecular weight is 1390 g/mol. The van der Waals surface area contributed by atoms with E-state index in [4.69, 9.17) is 30.2 Å². The van der Waals surface area contributed by atoms with E-state index in [1.807, 2.05) is 0 Å². The topological polar surface area (TPSA) is 117 Å². The zero-order valence-electron chi connectivity index (χ0n) is 83.7. The van der Waals surface area contributed by atoms with E-state index in [-0.39, 0.29) is 138 Å². The number of fused-ring (bicyclic) bond motifs is 2. The number of hydrogen-bond donors (Lipinski definition) is 0. The minimum absolute atomic E-state index is 0.0295. The second-order valence-corrected chi connectivity index (χ2v) is 22.2. The molecule has 2 aliphatic rings. The second-order valence-electron chi connectivity index (χ2n) is 20.7. The predicted molar refractivity (Wildman–Crippen MR) is 363 cm³/mol. The lowest BCUT2D eigenvalue weighted by molar-refractivity contribution is -0.138. The van der Waals surface area contributed by atoms with E-state index in [9.17, 15) is 58.4 Å². The van der Waals surface area contributed by atoms with Gasteiger partial charge in [0.1, 0.15) is 24.6 Å². The monoisotopic (exact) mass is 1390 g/mol. The molecule has 8 aromatic rings. The van der Waals surface area contributed by atoms with Crippen LogP contribution < -0.4 is 11.1 Å². The van der Waals surface area contributed by atoms with Crippen molar-refractivity contribution in [2.75, 3.05) is 52.0 Å². The average Bonchev–Trinajstić information content (AvgIpc) is 0.839. The molecule has 508 valence electrons. The first kappa shape index (κ1) is 40.7. The lowest BCUT2D eigenvalue weighted by Crippen LogP contribution is -2.40.